The van der Waals surface area contributed by atoms with E-state index < -0.39 is 4.92 Å². The van der Waals surface area contributed by atoms with Gasteiger partial charge in [-0.15, -0.1) is 0 Å². The highest BCUT2D eigenvalue weighted by Gasteiger charge is 2.12. The molecule has 7 nitrogen and oxygen atoms in total. The standard InChI is InChI=1S/C17H12N4O3/c1-12-4-2-3-5-17(12)24-16-7-14(6-15(8-16)21(22)23)20-11-13(9-18)10-19/h2-8,11,20H,1H3. The number of non-ortho nitro benzene ring substituents is 1. The zero-order valence-electron chi connectivity index (χ0n) is 12.7. The van der Waals surface area contributed by atoms with Crippen LogP contribution in [0.1, 0.15) is 5.56 Å². The van der Waals surface area contributed by atoms with Gasteiger partial charge < -0.3 is 10.1 Å². The molecule has 7 heteroatoms. The summed E-state index contributed by atoms with van der Waals surface area (Å²) in [6.45, 7) is 1.86. The molecule has 0 aliphatic carbocycles. The van der Waals surface area contributed by atoms with E-state index in [1.165, 1.54) is 18.3 Å². The number of hydrogen-bond donors (Lipinski definition) is 1. The molecular weight excluding hydrogens is 308 g/mol. The number of hydrogen-bond acceptors (Lipinski definition) is 6. The summed E-state index contributed by atoms with van der Waals surface area (Å²) in [5.41, 5.74) is 0.890. The van der Waals surface area contributed by atoms with Crippen molar-refractivity contribution in [3.8, 4) is 23.6 Å². The van der Waals surface area contributed by atoms with Crippen LogP contribution >= 0.6 is 0 Å². The lowest BCUT2D eigenvalue weighted by atomic mass is 10.2. The van der Waals surface area contributed by atoms with Crippen molar-refractivity contribution < 1.29 is 9.66 Å². The van der Waals surface area contributed by atoms with Crippen molar-refractivity contribution in [1.82, 2.24) is 0 Å². The van der Waals surface area contributed by atoms with Crippen molar-refractivity contribution in [2.45, 2.75) is 6.92 Å². The number of nitro benzene ring substituents is 1. The third kappa shape index (κ3) is 4.09. The molecule has 0 aliphatic heterocycles. The number of para-hydroxylation sites is 1. The molecule has 0 bridgehead atoms. The quantitative estimate of drug-likeness (QED) is 0.505. The topological polar surface area (TPSA) is 112 Å². The summed E-state index contributed by atoms with van der Waals surface area (Å²) in [6, 6.07) is 14.8. The molecule has 1 N–H and O–H groups in total. The van der Waals surface area contributed by atoms with Crippen molar-refractivity contribution in [2.24, 2.45) is 0 Å². The molecule has 0 saturated carbocycles. The van der Waals surface area contributed by atoms with E-state index in [1.807, 2.05) is 19.1 Å². The lowest BCUT2D eigenvalue weighted by Gasteiger charge is -2.10. The Morgan fingerprint density at radius 3 is 2.58 bits per heavy atom. The zero-order valence-corrected chi connectivity index (χ0v) is 12.7. The Labute approximate surface area is 138 Å². The summed E-state index contributed by atoms with van der Waals surface area (Å²) in [5, 5.41) is 31.2. The van der Waals surface area contributed by atoms with Crippen molar-refractivity contribution in [3.63, 3.8) is 0 Å². The molecule has 118 valence electrons. The number of nitrogens with one attached hydrogen (secondary N) is 1. The maximum Gasteiger partial charge on any atom is 0.275 e. The van der Waals surface area contributed by atoms with Gasteiger partial charge in [-0.3, -0.25) is 10.1 Å². The second-order valence-corrected chi connectivity index (χ2v) is 4.77. The van der Waals surface area contributed by atoms with Crippen LogP contribution in [0.2, 0.25) is 0 Å². The predicted molar refractivity (Wildman–Crippen MR) is 87.3 cm³/mol. The Bertz CT molecular complexity index is 875. The van der Waals surface area contributed by atoms with Gasteiger partial charge in [0.05, 0.1) is 11.0 Å². The van der Waals surface area contributed by atoms with Crippen molar-refractivity contribution >= 4 is 11.4 Å². The summed E-state index contributed by atoms with van der Waals surface area (Å²) in [4.78, 5) is 10.5. The van der Waals surface area contributed by atoms with Crippen LogP contribution < -0.4 is 10.1 Å². The molecule has 2 aromatic rings. The highest BCUT2D eigenvalue weighted by molar-refractivity contribution is 5.59. The van der Waals surface area contributed by atoms with Crippen LogP contribution in [-0.4, -0.2) is 4.92 Å². The number of rotatable bonds is 5. The van der Waals surface area contributed by atoms with Crippen molar-refractivity contribution in [3.05, 3.63) is 69.9 Å². The van der Waals surface area contributed by atoms with Crippen LogP contribution in [0.15, 0.2) is 54.2 Å². The number of allylic oxidation sites excluding steroid dienone is 1. The van der Waals surface area contributed by atoms with Crippen LogP contribution in [-0.2, 0) is 0 Å². The van der Waals surface area contributed by atoms with Gasteiger partial charge in [-0.05, 0) is 18.6 Å². The Kier molecular flexibility index (Phi) is 5.12. The number of nitro groups is 1. The second kappa shape index (κ2) is 7.43. The fraction of sp³-hybridized carbons (Fsp3) is 0.0588. The minimum absolute atomic E-state index is 0.150. The molecule has 0 fully saturated rings. The van der Waals surface area contributed by atoms with Gasteiger partial charge >= 0.3 is 0 Å². The van der Waals surface area contributed by atoms with Gasteiger partial charge in [0.15, 0.2) is 0 Å². The number of anilines is 1. The summed E-state index contributed by atoms with van der Waals surface area (Å²) in [6.07, 6.45) is 1.18. The molecule has 0 aliphatic rings. The summed E-state index contributed by atoms with van der Waals surface area (Å²) in [7, 11) is 0. The highest BCUT2D eigenvalue weighted by atomic mass is 16.6. The Morgan fingerprint density at radius 1 is 1.25 bits per heavy atom. The lowest BCUT2D eigenvalue weighted by Crippen LogP contribution is -1.95. The van der Waals surface area contributed by atoms with E-state index in [0.717, 1.165) is 5.56 Å². The van der Waals surface area contributed by atoms with Crippen molar-refractivity contribution in [1.29, 1.82) is 10.5 Å². The molecule has 0 unspecified atom stereocenters. The van der Waals surface area contributed by atoms with Crippen LogP contribution in [0.25, 0.3) is 0 Å². The Hall–Kier alpha value is -3.84. The van der Waals surface area contributed by atoms with Gasteiger partial charge in [-0.2, -0.15) is 10.5 Å². The molecule has 2 aromatic carbocycles. The number of benzene rings is 2. The van der Waals surface area contributed by atoms with Crippen LogP contribution in [0.5, 0.6) is 11.5 Å². The molecule has 0 atom stereocenters. The SMILES string of the molecule is Cc1ccccc1Oc1cc(NC=C(C#N)C#N)cc([N+](=O)[O-])c1. The maximum atomic E-state index is 11.1. The van der Waals surface area contributed by atoms with Gasteiger partial charge in [-0.25, -0.2) is 0 Å². The first-order valence-corrected chi connectivity index (χ1v) is 6.83. The Balaban J connectivity index is 2.37. The van der Waals surface area contributed by atoms with Gasteiger partial charge in [-0.1, -0.05) is 18.2 Å². The van der Waals surface area contributed by atoms with E-state index in [4.69, 9.17) is 15.3 Å². The van der Waals surface area contributed by atoms with E-state index in [-0.39, 0.29) is 17.0 Å². The minimum atomic E-state index is -0.547. The normalized spacial score (nSPS) is 9.29. The fourth-order valence-electron chi connectivity index (χ4n) is 1.87. The average Bonchev–Trinajstić information content (AvgIpc) is 2.57. The number of nitriles is 2. The number of ether oxygens (including phenoxy) is 1. The first-order chi connectivity index (χ1) is 11.5. The Morgan fingerprint density at radius 2 is 1.96 bits per heavy atom. The zero-order chi connectivity index (χ0) is 17.5. The highest BCUT2D eigenvalue weighted by Crippen LogP contribution is 2.31. The summed E-state index contributed by atoms with van der Waals surface area (Å²) >= 11 is 0. The van der Waals surface area contributed by atoms with Crippen LogP contribution in [0.3, 0.4) is 0 Å². The summed E-state index contributed by atoms with van der Waals surface area (Å²) in [5.74, 6) is 0.846. The third-order valence-electron chi connectivity index (χ3n) is 3.05. The second-order valence-electron chi connectivity index (χ2n) is 4.77. The smallest absolute Gasteiger partial charge is 0.275 e. The van der Waals surface area contributed by atoms with Gasteiger partial charge in [0.2, 0.25) is 0 Å². The van der Waals surface area contributed by atoms with E-state index in [9.17, 15) is 10.1 Å². The number of aryl methyl sites for hydroxylation is 1. The predicted octanol–water partition coefficient (Wildman–Crippen LogP) is 4.04. The first kappa shape index (κ1) is 16.5. The molecule has 0 aromatic heterocycles. The average molecular weight is 320 g/mol. The molecule has 0 spiro atoms. The van der Waals surface area contributed by atoms with Crippen LogP contribution in [0.4, 0.5) is 11.4 Å². The molecule has 0 saturated heterocycles. The molecule has 0 radical (unpaired) electrons. The molecule has 0 heterocycles. The van der Waals surface area contributed by atoms with E-state index in [0.29, 0.717) is 11.4 Å². The molecule has 24 heavy (non-hydrogen) atoms. The fourth-order valence-corrected chi connectivity index (χ4v) is 1.87. The molecular formula is C17H12N4O3. The first-order valence-electron chi connectivity index (χ1n) is 6.83. The van der Waals surface area contributed by atoms with Gasteiger partial charge in [0, 0.05) is 24.0 Å². The van der Waals surface area contributed by atoms with E-state index in [2.05, 4.69) is 5.32 Å². The summed E-state index contributed by atoms with van der Waals surface area (Å²) < 4.78 is 5.70. The van der Waals surface area contributed by atoms with E-state index in [1.54, 1.807) is 30.3 Å². The monoisotopic (exact) mass is 320 g/mol. The molecule has 2 rings (SSSR count). The van der Waals surface area contributed by atoms with E-state index >= 15 is 0 Å². The minimum Gasteiger partial charge on any atom is -0.457 e. The number of nitrogens with zero attached hydrogens (tertiary/aromatic N) is 3. The molecule has 0 amide bonds. The third-order valence-corrected chi connectivity index (χ3v) is 3.05. The largest absolute Gasteiger partial charge is 0.457 e. The van der Waals surface area contributed by atoms with Gasteiger partial charge in [0.25, 0.3) is 5.69 Å². The lowest BCUT2D eigenvalue weighted by molar-refractivity contribution is -0.384. The van der Waals surface area contributed by atoms with Crippen LogP contribution in [0, 0.1) is 39.7 Å². The van der Waals surface area contributed by atoms with Crippen molar-refractivity contribution in [2.75, 3.05) is 5.32 Å². The van der Waals surface area contributed by atoms with Gasteiger partial charge in [0.1, 0.15) is 29.2 Å². The maximum absolute atomic E-state index is 11.1.